The van der Waals surface area contributed by atoms with Crippen molar-refractivity contribution in [2.45, 2.75) is 6.54 Å². The lowest BCUT2D eigenvalue weighted by atomic mass is 10.2. The molecule has 2 nitrogen and oxygen atoms in total. The van der Waals surface area contributed by atoms with Crippen LogP contribution in [0.1, 0.15) is 11.1 Å². The topological polar surface area (TPSA) is 21.3 Å². The molecule has 0 heterocycles. The number of halogens is 2. The number of rotatable bonds is 4. The minimum atomic E-state index is 0.345. The molecule has 1 N–H and O–H groups in total. The zero-order chi connectivity index (χ0) is 15.1. The van der Waals surface area contributed by atoms with Gasteiger partial charge >= 0.3 is 0 Å². The van der Waals surface area contributed by atoms with Crippen molar-refractivity contribution in [2.75, 3.05) is 13.7 Å². The summed E-state index contributed by atoms with van der Waals surface area (Å²) in [5, 5.41) is 3.12. The van der Waals surface area contributed by atoms with Gasteiger partial charge in [0.2, 0.25) is 0 Å². The van der Waals surface area contributed by atoms with E-state index in [-0.39, 0.29) is 0 Å². The molecule has 21 heavy (non-hydrogen) atoms. The summed E-state index contributed by atoms with van der Waals surface area (Å²) in [4.78, 5) is 0. The molecule has 0 atom stereocenters. The van der Waals surface area contributed by atoms with Crippen LogP contribution in [0.3, 0.4) is 0 Å². The molecule has 0 saturated heterocycles. The second-order valence-electron chi connectivity index (χ2n) is 4.38. The Bertz CT molecular complexity index is 636. The fraction of sp³-hybridized carbons (Fsp3) is 0.176. The number of ether oxygens (including phenoxy) is 1. The highest BCUT2D eigenvalue weighted by Crippen LogP contribution is 2.34. The Morgan fingerprint density at radius 2 is 1.76 bits per heavy atom. The first-order chi connectivity index (χ1) is 10.2. The van der Waals surface area contributed by atoms with Crippen LogP contribution >= 0.6 is 31.9 Å². The van der Waals surface area contributed by atoms with Crippen molar-refractivity contribution in [2.24, 2.45) is 0 Å². The van der Waals surface area contributed by atoms with Crippen LogP contribution in [0.2, 0.25) is 0 Å². The van der Waals surface area contributed by atoms with Crippen LogP contribution in [0.4, 0.5) is 0 Å². The standard InChI is InChI=1S/C17H15Br2NO/c1-20-12-14-10-15(18)17(16(19)11-14)21-9-5-8-13-6-3-2-4-7-13/h2-4,6-7,10-11,20H,9,12H2,1H3. The summed E-state index contributed by atoms with van der Waals surface area (Å²) in [6.45, 7) is 1.16. The molecule has 0 spiro atoms. The Kier molecular flexibility index (Phi) is 6.31. The van der Waals surface area contributed by atoms with E-state index in [1.807, 2.05) is 49.5 Å². The smallest absolute Gasteiger partial charge is 0.149 e. The molecule has 2 aromatic carbocycles. The quantitative estimate of drug-likeness (QED) is 0.758. The first-order valence-electron chi connectivity index (χ1n) is 6.50. The highest BCUT2D eigenvalue weighted by Gasteiger charge is 2.08. The Morgan fingerprint density at radius 3 is 2.38 bits per heavy atom. The summed E-state index contributed by atoms with van der Waals surface area (Å²) in [6.07, 6.45) is 0. The number of hydrogen-bond donors (Lipinski definition) is 1. The van der Waals surface area contributed by atoms with E-state index in [2.05, 4.69) is 49.0 Å². The number of hydrogen-bond acceptors (Lipinski definition) is 2. The van der Waals surface area contributed by atoms with E-state index >= 15 is 0 Å². The molecule has 0 aliphatic carbocycles. The van der Waals surface area contributed by atoms with Crippen molar-refractivity contribution in [3.05, 3.63) is 62.5 Å². The molecule has 4 heteroatoms. The van der Waals surface area contributed by atoms with E-state index in [1.165, 1.54) is 5.56 Å². The third kappa shape index (κ3) is 4.89. The van der Waals surface area contributed by atoms with Crippen LogP contribution in [0.5, 0.6) is 5.75 Å². The molecule has 0 fully saturated rings. The van der Waals surface area contributed by atoms with Gasteiger partial charge in [0.15, 0.2) is 0 Å². The lowest BCUT2D eigenvalue weighted by Crippen LogP contribution is -2.05. The van der Waals surface area contributed by atoms with Crippen LogP contribution in [0.15, 0.2) is 51.4 Å². The summed E-state index contributed by atoms with van der Waals surface area (Å²) in [5.41, 5.74) is 2.17. The SMILES string of the molecule is CNCc1cc(Br)c(OCC#Cc2ccccc2)c(Br)c1. The average molecular weight is 409 g/mol. The maximum absolute atomic E-state index is 5.73. The summed E-state index contributed by atoms with van der Waals surface area (Å²) in [6, 6.07) is 14.0. The molecular formula is C17H15Br2NO. The van der Waals surface area contributed by atoms with Gasteiger partial charge in [0.05, 0.1) is 8.95 Å². The minimum absolute atomic E-state index is 0.345. The monoisotopic (exact) mass is 407 g/mol. The predicted molar refractivity (Wildman–Crippen MR) is 93.4 cm³/mol. The molecule has 0 radical (unpaired) electrons. The molecular weight excluding hydrogens is 394 g/mol. The van der Waals surface area contributed by atoms with E-state index in [0.717, 1.165) is 26.8 Å². The maximum atomic E-state index is 5.73. The number of nitrogens with one attached hydrogen (secondary N) is 1. The first-order valence-corrected chi connectivity index (χ1v) is 8.08. The molecule has 0 unspecified atom stereocenters. The van der Waals surface area contributed by atoms with Crippen molar-refractivity contribution >= 4 is 31.9 Å². The Balaban J connectivity index is 2.02. The van der Waals surface area contributed by atoms with Crippen LogP contribution in [-0.2, 0) is 6.54 Å². The molecule has 2 aromatic rings. The summed E-state index contributed by atoms with van der Waals surface area (Å²) < 4.78 is 7.57. The predicted octanol–water partition coefficient (Wildman–Crippen LogP) is 4.36. The van der Waals surface area contributed by atoms with Gasteiger partial charge < -0.3 is 10.1 Å². The fourth-order valence-electron chi connectivity index (χ4n) is 1.82. The van der Waals surface area contributed by atoms with Crippen LogP contribution < -0.4 is 10.1 Å². The fourth-order valence-corrected chi connectivity index (χ4v) is 3.33. The first kappa shape index (κ1) is 16.1. The van der Waals surface area contributed by atoms with Crippen molar-refractivity contribution in [3.63, 3.8) is 0 Å². The highest BCUT2D eigenvalue weighted by molar-refractivity contribution is 9.11. The third-order valence-electron chi connectivity index (χ3n) is 2.73. The van der Waals surface area contributed by atoms with Crippen molar-refractivity contribution in [3.8, 4) is 17.6 Å². The van der Waals surface area contributed by atoms with Crippen LogP contribution in [0.25, 0.3) is 0 Å². The van der Waals surface area contributed by atoms with Crippen molar-refractivity contribution in [1.82, 2.24) is 5.32 Å². The molecule has 0 aliphatic rings. The van der Waals surface area contributed by atoms with E-state index in [1.54, 1.807) is 0 Å². The molecule has 0 saturated carbocycles. The van der Waals surface area contributed by atoms with Gasteiger partial charge in [-0.2, -0.15) is 0 Å². The Hall–Kier alpha value is -1.28. The van der Waals surface area contributed by atoms with Gasteiger partial charge in [-0.05, 0) is 68.7 Å². The zero-order valence-electron chi connectivity index (χ0n) is 11.6. The summed E-state index contributed by atoms with van der Waals surface area (Å²) in [5.74, 6) is 6.86. The third-order valence-corrected chi connectivity index (χ3v) is 3.91. The molecule has 0 bridgehead atoms. The van der Waals surface area contributed by atoms with Gasteiger partial charge in [-0.15, -0.1) is 0 Å². The molecule has 108 valence electrons. The van der Waals surface area contributed by atoms with Gasteiger partial charge in [-0.25, -0.2) is 0 Å². The van der Waals surface area contributed by atoms with Gasteiger partial charge in [-0.3, -0.25) is 0 Å². The maximum Gasteiger partial charge on any atom is 0.149 e. The van der Waals surface area contributed by atoms with Gasteiger partial charge in [0.1, 0.15) is 12.4 Å². The van der Waals surface area contributed by atoms with Gasteiger partial charge in [-0.1, -0.05) is 30.0 Å². The Labute approximate surface area is 142 Å². The average Bonchev–Trinajstić information content (AvgIpc) is 2.47. The lowest BCUT2D eigenvalue weighted by molar-refractivity contribution is 0.365. The van der Waals surface area contributed by atoms with Gasteiger partial charge in [0, 0.05) is 12.1 Å². The van der Waals surface area contributed by atoms with E-state index in [4.69, 9.17) is 4.74 Å². The van der Waals surface area contributed by atoms with E-state index in [0.29, 0.717) is 6.61 Å². The number of benzene rings is 2. The second kappa shape index (κ2) is 8.23. The zero-order valence-corrected chi connectivity index (χ0v) is 14.8. The van der Waals surface area contributed by atoms with Crippen molar-refractivity contribution in [1.29, 1.82) is 0 Å². The normalized spacial score (nSPS) is 9.86. The second-order valence-corrected chi connectivity index (χ2v) is 6.08. The van der Waals surface area contributed by atoms with Gasteiger partial charge in [0.25, 0.3) is 0 Å². The van der Waals surface area contributed by atoms with Crippen LogP contribution in [-0.4, -0.2) is 13.7 Å². The molecule has 0 aliphatic heterocycles. The molecule has 0 aromatic heterocycles. The largest absolute Gasteiger partial charge is 0.479 e. The molecule has 2 rings (SSSR count). The molecule has 0 amide bonds. The minimum Gasteiger partial charge on any atom is -0.479 e. The van der Waals surface area contributed by atoms with Crippen molar-refractivity contribution < 1.29 is 4.74 Å². The lowest BCUT2D eigenvalue weighted by Gasteiger charge is -2.10. The summed E-state index contributed by atoms with van der Waals surface area (Å²) in [7, 11) is 1.92. The van der Waals surface area contributed by atoms with Crippen LogP contribution in [0, 0.1) is 11.8 Å². The highest BCUT2D eigenvalue weighted by atomic mass is 79.9. The summed E-state index contributed by atoms with van der Waals surface area (Å²) >= 11 is 7.07. The Morgan fingerprint density at radius 1 is 1.10 bits per heavy atom. The van der Waals surface area contributed by atoms with E-state index < -0.39 is 0 Å². The van der Waals surface area contributed by atoms with E-state index in [9.17, 15) is 0 Å².